The van der Waals surface area contributed by atoms with Crippen molar-refractivity contribution in [3.63, 3.8) is 0 Å². The Morgan fingerprint density at radius 2 is 2.24 bits per heavy atom. The molecule has 0 amide bonds. The highest BCUT2D eigenvalue weighted by molar-refractivity contribution is 6.30. The van der Waals surface area contributed by atoms with Crippen molar-refractivity contribution in [2.24, 2.45) is 5.73 Å². The molecule has 0 aliphatic rings. The minimum absolute atomic E-state index is 0.0656. The maximum atomic E-state index is 13.6. The van der Waals surface area contributed by atoms with Gasteiger partial charge in [0.15, 0.2) is 0 Å². The van der Waals surface area contributed by atoms with E-state index in [0.29, 0.717) is 0 Å². The minimum Gasteiger partial charge on any atom is -0.464 e. The van der Waals surface area contributed by atoms with Crippen LogP contribution in [-0.2, 0) is 9.53 Å². The molecule has 0 fully saturated rings. The summed E-state index contributed by atoms with van der Waals surface area (Å²) in [5, 5.41) is -0.172. The van der Waals surface area contributed by atoms with Gasteiger partial charge in [-0.3, -0.25) is 0 Å². The molecule has 0 heterocycles. The molecule has 0 aromatic heterocycles. The number of carbonyl (C=O) groups is 1. The van der Waals surface area contributed by atoms with E-state index in [1.165, 1.54) is 12.1 Å². The average Bonchev–Trinajstić information content (AvgIpc) is 2.31. The highest BCUT2D eigenvalue weighted by Crippen LogP contribution is 2.23. The van der Waals surface area contributed by atoms with Crippen LogP contribution in [0.25, 0.3) is 0 Å². The Hall–Kier alpha value is -1.20. The zero-order chi connectivity index (χ0) is 13.0. The Balaban J connectivity index is 2.84. The fourth-order valence-corrected chi connectivity index (χ4v) is 1.45. The van der Waals surface area contributed by atoms with Gasteiger partial charge in [-0.05, 0) is 24.6 Å². The van der Waals surface area contributed by atoms with Gasteiger partial charge in [-0.1, -0.05) is 17.7 Å². The fraction of sp³-hybridized carbons (Fsp3) is 0.364. The van der Waals surface area contributed by atoms with Crippen molar-refractivity contribution in [1.29, 1.82) is 0 Å². The van der Waals surface area contributed by atoms with Crippen molar-refractivity contribution in [3.8, 4) is 0 Å². The first-order valence-corrected chi connectivity index (χ1v) is 5.36. The van der Waals surface area contributed by atoms with E-state index in [0.717, 1.165) is 6.07 Å². The van der Waals surface area contributed by atoms with Crippen molar-refractivity contribution < 1.29 is 18.3 Å². The lowest BCUT2D eigenvalue weighted by Crippen LogP contribution is -2.31. The molecule has 3 nitrogen and oxygen atoms in total. The summed E-state index contributed by atoms with van der Waals surface area (Å²) < 4.78 is 30.9. The third kappa shape index (κ3) is 3.38. The second-order valence-electron chi connectivity index (χ2n) is 3.35. The van der Waals surface area contributed by atoms with Crippen molar-refractivity contribution in [3.05, 3.63) is 34.6 Å². The number of ether oxygens (including phenoxy) is 1. The fourth-order valence-electron chi connectivity index (χ4n) is 1.26. The number of hydrogen-bond donors (Lipinski definition) is 1. The lowest BCUT2D eigenvalue weighted by atomic mass is 10.0. The molecule has 1 aromatic rings. The molecular formula is C11H12ClF2NO2. The molecule has 94 valence electrons. The van der Waals surface area contributed by atoms with E-state index in [1.54, 1.807) is 6.92 Å². The summed E-state index contributed by atoms with van der Waals surface area (Å²) in [7, 11) is 0. The van der Waals surface area contributed by atoms with E-state index >= 15 is 0 Å². The zero-order valence-corrected chi connectivity index (χ0v) is 9.88. The Bertz CT molecular complexity index is 414. The van der Waals surface area contributed by atoms with E-state index in [-0.39, 0.29) is 17.2 Å². The van der Waals surface area contributed by atoms with Crippen LogP contribution in [0.2, 0.25) is 5.02 Å². The molecule has 2 N–H and O–H groups in total. The number of nitrogens with two attached hydrogens (primary N) is 1. The molecule has 1 rings (SSSR count). The summed E-state index contributed by atoms with van der Waals surface area (Å²) in [4.78, 5) is 11.1. The number of halogens is 3. The molecule has 0 bridgehead atoms. The quantitative estimate of drug-likeness (QED) is 0.849. The van der Waals surface area contributed by atoms with Crippen LogP contribution in [0.5, 0.6) is 0 Å². The third-order valence-corrected chi connectivity index (χ3v) is 2.45. The number of alkyl halides is 1. The first kappa shape index (κ1) is 13.9. The Morgan fingerprint density at radius 1 is 1.59 bits per heavy atom. The van der Waals surface area contributed by atoms with Crippen molar-refractivity contribution in [1.82, 2.24) is 0 Å². The number of hydrogen-bond acceptors (Lipinski definition) is 3. The lowest BCUT2D eigenvalue weighted by molar-refractivity contribution is -0.149. The highest BCUT2D eigenvalue weighted by Gasteiger charge is 2.28. The van der Waals surface area contributed by atoms with Gasteiger partial charge in [-0.15, -0.1) is 0 Å². The summed E-state index contributed by atoms with van der Waals surface area (Å²) in [5.74, 6) is -1.67. The molecule has 17 heavy (non-hydrogen) atoms. The monoisotopic (exact) mass is 263 g/mol. The van der Waals surface area contributed by atoms with Gasteiger partial charge < -0.3 is 10.5 Å². The van der Waals surface area contributed by atoms with Crippen LogP contribution in [0.1, 0.15) is 18.5 Å². The number of carbonyl (C=O) groups excluding carboxylic acids is 1. The molecule has 0 saturated heterocycles. The zero-order valence-electron chi connectivity index (χ0n) is 9.12. The van der Waals surface area contributed by atoms with Gasteiger partial charge in [-0.2, -0.15) is 0 Å². The molecule has 0 aliphatic carbocycles. The molecular weight excluding hydrogens is 252 g/mol. The summed E-state index contributed by atoms with van der Waals surface area (Å²) >= 11 is 5.53. The van der Waals surface area contributed by atoms with Gasteiger partial charge in [0.2, 0.25) is 6.17 Å². The highest BCUT2D eigenvalue weighted by atomic mass is 35.5. The smallest absolute Gasteiger partial charge is 0.342 e. The van der Waals surface area contributed by atoms with Crippen LogP contribution >= 0.6 is 11.6 Å². The van der Waals surface area contributed by atoms with Crippen molar-refractivity contribution >= 4 is 17.6 Å². The van der Waals surface area contributed by atoms with Crippen molar-refractivity contribution in [2.75, 3.05) is 6.61 Å². The first-order valence-electron chi connectivity index (χ1n) is 4.98. The van der Waals surface area contributed by atoms with E-state index < -0.39 is 24.0 Å². The Labute approximate surface area is 103 Å². The summed E-state index contributed by atoms with van der Waals surface area (Å²) in [6.07, 6.45) is -2.00. The van der Waals surface area contributed by atoms with E-state index in [1.807, 2.05) is 0 Å². The van der Waals surface area contributed by atoms with Crippen LogP contribution in [0.3, 0.4) is 0 Å². The lowest BCUT2D eigenvalue weighted by Gasteiger charge is -2.16. The van der Waals surface area contributed by atoms with E-state index in [4.69, 9.17) is 17.3 Å². The Kier molecular flexibility index (Phi) is 4.84. The Morgan fingerprint density at radius 3 is 2.76 bits per heavy atom. The first-order chi connectivity index (χ1) is 7.97. The van der Waals surface area contributed by atoms with Gasteiger partial charge in [0, 0.05) is 0 Å². The SMILES string of the molecule is CCOC(=O)C(F)[C@@H](N)c1ccc(F)c(Cl)c1. The molecule has 6 heteroatoms. The molecule has 1 aromatic carbocycles. The van der Waals surface area contributed by atoms with Crippen LogP contribution in [-0.4, -0.2) is 18.7 Å². The predicted octanol–water partition coefficient (Wildman–Crippen LogP) is 2.38. The van der Waals surface area contributed by atoms with Crippen LogP contribution < -0.4 is 5.73 Å². The predicted molar refractivity (Wildman–Crippen MR) is 59.9 cm³/mol. The molecule has 0 spiro atoms. The van der Waals surface area contributed by atoms with E-state index in [2.05, 4.69) is 4.74 Å². The minimum atomic E-state index is -2.00. The standard InChI is InChI=1S/C11H12ClF2NO2/c1-2-17-11(16)9(14)10(15)6-3-4-8(13)7(12)5-6/h3-5,9-10H,2,15H2,1H3/t9?,10-/m0/s1. The third-order valence-electron chi connectivity index (χ3n) is 2.16. The molecule has 1 unspecified atom stereocenters. The van der Waals surface area contributed by atoms with Gasteiger partial charge in [0.1, 0.15) is 5.82 Å². The number of esters is 1. The van der Waals surface area contributed by atoms with Gasteiger partial charge in [0.25, 0.3) is 0 Å². The second kappa shape index (κ2) is 5.93. The summed E-state index contributed by atoms with van der Waals surface area (Å²) in [5.41, 5.74) is 5.77. The van der Waals surface area contributed by atoms with Gasteiger partial charge in [0.05, 0.1) is 17.7 Å². The summed E-state index contributed by atoms with van der Waals surface area (Å²) in [6, 6.07) is 2.30. The van der Waals surface area contributed by atoms with Gasteiger partial charge >= 0.3 is 5.97 Å². The average molecular weight is 264 g/mol. The summed E-state index contributed by atoms with van der Waals surface area (Å²) in [6.45, 7) is 1.63. The molecule has 0 saturated carbocycles. The van der Waals surface area contributed by atoms with Crippen LogP contribution in [0, 0.1) is 5.82 Å². The molecule has 0 radical (unpaired) electrons. The number of rotatable bonds is 4. The second-order valence-corrected chi connectivity index (χ2v) is 3.76. The molecule has 2 atom stereocenters. The van der Waals surface area contributed by atoms with Crippen molar-refractivity contribution in [2.45, 2.75) is 19.1 Å². The van der Waals surface area contributed by atoms with Crippen LogP contribution in [0.4, 0.5) is 8.78 Å². The van der Waals surface area contributed by atoms with E-state index in [9.17, 15) is 13.6 Å². The van der Waals surface area contributed by atoms with Crippen LogP contribution in [0.15, 0.2) is 18.2 Å². The maximum Gasteiger partial charge on any atom is 0.342 e. The normalized spacial score (nSPS) is 14.2. The van der Waals surface area contributed by atoms with Gasteiger partial charge in [-0.25, -0.2) is 13.6 Å². The maximum absolute atomic E-state index is 13.6. The number of benzene rings is 1. The molecule has 0 aliphatic heterocycles. The largest absolute Gasteiger partial charge is 0.464 e. The topological polar surface area (TPSA) is 52.3 Å².